The Morgan fingerprint density at radius 2 is 2.08 bits per heavy atom. The summed E-state index contributed by atoms with van der Waals surface area (Å²) < 4.78 is 10.4. The number of hydrogen-bond acceptors (Lipinski definition) is 5. The highest BCUT2D eigenvalue weighted by molar-refractivity contribution is 6.31. The molecular formula is C16H14ClN3O4. The van der Waals surface area contributed by atoms with Gasteiger partial charge in [0, 0.05) is 22.3 Å². The van der Waals surface area contributed by atoms with E-state index < -0.39 is 0 Å². The SMILES string of the molecule is NC(=NOCC(=O)Nc1ccc2c(c1)OCO2)c1cccc(Cl)c1. The number of fused-ring (bicyclic) bond motifs is 1. The van der Waals surface area contributed by atoms with Crippen LogP contribution in [0, 0.1) is 0 Å². The minimum Gasteiger partial charge on any atom is -0.454 e. The molecule has 0 unspecified atom stereocenters. The quantitative estimate of drug-likeness (QED) is 0.492. The summed E-state index contributed by atoms with van der Waals surface area (Å²) in [5, 5.41) is 6.90. The van der Waals surface area contributed by atoms with E-state index in [4.69, 9.17) is 31.6 Å². The minimum absolute atomic E-state index is 0.133. The number of rotatable bonds is 5. The first-order valence-electron chi connectivity index (χ1n) is 7.03. The van der Waals surface area contributed by atoms with E-state index in [-0.39, 0.29) is 25.1 Å². The van der Waals surface area contributed by atoms with E-state index in [2.05, 4.69) is 10.5 Å². The number of nitrogens with one attached hydrogen (secondary N) is 1. The number of nitrogens with two attached hydrogens (primary N) is 1. The van der Waals surface area contributed by atoms with Crippen LogP contribution in [0.15, 0.2) is 47.6 Å². The molecule has 1 aliphatic heterocycles. The zero-order valence-electron chi connectivity index (χ0n) is 12.5. The summed E-state index contributed by atoms with van der Waals surface area (Å²) in [6.07, 6.45) is 0. The lowest BCUT2D eigenvalue weighted by molar-refractivity contribution is -0.120. The van der Waals surface area contributed by atoms with E-state index in [0.29, 0.717) is 27.8 Å². The van der Waals surface area contributed by atoms with Gasteiger partial charge in [0.25, 0.3) is 5.91 Å². The number of oxime groups is 1. The van der Waals surface area contributed by atoms with Gasteiger partial charge in [-0.2, -0.15) is 0 Å². The molecule has 2 aromatic rings. The van der Waals surface area contributed by atoms with Crippen molar-refractivity contribution in [3.8, 4) is 11.5 Å². The first-order valence-corrected chi connectivity index (χ1v) is 7.40. The molecule has 24 heavy (non-hydrogen) atoms. The summed E-state index contributed by atoms with van der Waals surface area (Å²) in [5.74, 6) is 0.977. The van der Waals surface area contributed by atoms with E-state index in [1.54, 1.807) is 42.5 Å². The number of amidine groups is 1. The van der Waals surface area contributed by atoms with Gasteiger partial charge in [-0.25, -0.2) is 0 Å². The van der Waals surface area contributed by atoms with Crippen LogP contribution < -0.4 is 20.5 Å². The molecule has 1 heterocycles. The zero-order valence-corrected chi connectivity index (χ0v) is 13.2. The second kappa shape index (κ2) is 7.10. The Balaban J connectivity index is 1.53. The van der Waals surface area contributed by atoms with Gasteiger partial charge in [0.1, 0.15) is 0 Å². The lowest BCUT2D eigenvalue weighted by Gasteiger charge is -2.06. The molecule has 0 aromatic heterocycles. The number of anilines is 1. The van der Waals surface area contributed by atoms with Crippen LogP contribution in [-0.2, 0) is 9.63 Å². The van der Waals surface area contributed by atoms with Crippen LogP contribution in [0.2, 0.25) is 5.02 Å². The number of hydrogen-bond donors (Lipinski definition) is 2. The number of ether oxygens (including phenoxy) is 2. The highest BCUT2D eigenvalue weighted by Gasteiger charge is 2.14. The normalized spacial score (nSPS) is 12.8. The molecule has 0 radical (unpaired) electrons. The lowest BCUT2D eigenvalue weighted by Crippen LogP contribution is -2.19. The third-order valence-electron chi connectivity index (χ3n) is 3.14. The van der Waals surface area contributed by atoms with Crippen LogP contribution in [0.3, 0.4) is 0 Å². The van der Waals surface area contributed by atoms with Crippen molar-refractivity contribution < 1.29 is 19.1 Å². The monoisotopic (exact) mass is 347 g/mol. The van der Waals surface area contributed by atoms with Crippen LogP contribution >= 0.6 is 11.6 Å². The molecule has 1 amide bonds. The van der Waals surface area contributed by atoms with Gasteiger partial charge >= 0.3 is 0 Å². The number of carbonyl (C=O) groups is 1. The number of carbonyl (C=O) groups excluding carboxylic acids is 1. The summed E-state index contributed by atoms with van der Waals surface area (Å²) in [4.78, 5) is 16.8. The molecule has 0 fully saturated rings. The number of benzene rings is 2. The van der Waals surface area contributed by atoms with Crippen molar-refractivity contribution in [3.63, 3.8) is 0 Å². The Kier molecular flexibility index (Phi) is 4.72. The van der Waals surface area contributed by atoms with E-state index in [1.807, 2.05) is 0 Å². The third-order valence-corrected chi connectivity index (χ3v) is 3.37. The molecule has 0 bridgehead atoms. The maximum absolute atomic E-state index is 11.8. The summed E-state index contributed by atoms with van der Waals surface area (Å²) in [5.41, 5.74) is 6.95. The highest BCUT2D eigenvalue weighted by Crippen LogP contribution is 2.34. The predicted octanol–water partition coefficient (Wildman–Crippen LogP) is 2.34. The summed E-state index contributed by atoms with van der Waals surface area (Å²) in [6.45, 7) is -0.108. The summed E-state index contributed by atoms with van der Waals surface area (Å²) >= 11 is 5.87. The molecule has 0 saturated carbocycles. The van der Waals surface area contributed by atoms with Crippen LogP contribution in [0.5, 0.6) is 11.5 Å². The van der Waals surface area contributed by atoms with Gasteiger partial charge in [-0.1, -0.05) is 28.9 Å². The molecule has 0 spiro atoms. The fourth-order valence-corrected chi connectivity index (χ4v) is 2.22. The Morgan fingerprint density at radius 1 is 1.25 bits per heavy atom. The van der Waals surface area contributed by atoms with Crippen molar-refractivity contribution in [3.05, 3.63) is 53.1 Å². The molecule has 0 aliphatic carbocycles. The van der Waals surface area contributed by atoms with E-state index in [1.165, 1.54) is 0 Å². The van der Waals surface area contributed by atoms with E-state index in [9.17, 15) is 4.79 Å². The highest BCUT2D eigenvalue weighted by atomic mass is 35.5. The Labute approximate surface area is 142 Å². The fraction of sp³-hybridized carbons (Fsp3) is 0.125. The lowest BCUT2D eigenvalue weighted by atomic mass is 10.2. The zero-order chi connectivity index (χ0) is 16.9. The van der Waals surface area contributed by atoms with Crippen molar-refractivity contribution in [1.29, 1.82) is 0 Å². The van der Waals surface area contributed by atoms with E-state index in [0.717, 1.165) is 0 Å². The van der Waals surface area contributed by atoms with Crippen LogP contribution in [0.4, 0.5) is 5.69 Å². The van der Waals surface area contributed by atoms with Gasteiger partial charge in [-0.15, -0.1) is 0 Å². The first-order chi connectivity index (χ1) is 11.6. The van der Waals surface area contributed by atoms with Gasteiger partial charge in [-0.05, 0) is 24.3 Å². The number of nitrogens with zero attached hydrogens (tertiary/aromatic N) is 1. The van der Waals surface area contributed by atoms with Crippen molar-refractivity contribution in [2.45, 2.75) is 0 Å². The Bertz CT molecular complexity index is 795. The molecular weight excluding hydrogens is 334 g/mol. The van der Waals surface area contributed by atoms with Gasteiger partial charge in [0.2, 0.25) is 6.79 Å². The van der Waals surface area contributed by atoms with Gasteiger partial charge in [0.05, 0.1) is 0 Å². The van der Waals surface area contributed by atoms with Gasteiger partial charge < -0.3 is 25.4 Å². The third kappa shape index (κ3) is 3.88. The van der Waals surface area contributed by atoms with Crippen molar-refractivity contribution in [2.24, 2.45) is 10.9 Å². The molecule has 8 heteroatoms. The average molecular weight is 348 g/mol. The Hall–Kier alpha value is -2.93. The average Bonchev–Trinajstić information content (AvgIpc) is 3.02. The Morgan fingerprint density at radius 3 is 2.92 bits per heavy atom. The minimum atomic E-state index is -0.378. The number of amides is 1. The maximum atomic E-state index is 11.8. The van der Waals surface area contributed by atoms with E-state index >= 15 is 0 Å². The first kappa shape index (κ1) is 15.9. The molecule has 0 atom stereocenters. The van der Waals surface area contributed by atoms with Crippen LogP contribution in [0.25, 0.3) is 0 Å². The van der Waals surface area contributed by atoms with Crippen LogP contribution in [-0.4, -0.2) is 25.1 Å². The van der Waals surface area contributed by atoms with Gasteiger partial charge in [-0.3, -0.25) is 4.79 Å². The maximum Gasteiger partial charge on any atom is 0.265 e. The molecule has 2 aromatic carbocycles. The van der Waals surface area contributed by atoms with Crippen LogP contribution in [0.1, 0.15) is 5.56 Å². The topological polar surface area (TPSA) is 95.2 Å². The van der Waals surface area contributed by atoms with Crippen molar-refractivity contribution >= 4 is 29.0 Å². The fourth-order valence-electron chi connectivity index (χ4n) is 2.03. The summed E-state index contributed by atoms with van der Waals surface area (Å²) in [7, 11) is 0. The largest absolute Gasteiger partial charge is 0.454 e. The molecule has 1 aliphatic rings. The second-order valence-electron chi connectivity index (χ2n) is 4.88. The molecule has 7 nitrogen and oxygen atoms in total. The predicted molar refractivity (Wildman–Crippen MR) is 89.3 cm³/mol. The smallest absolute Gasteiger partial charge is 0.265 e. The van der Waals surface area contributed by atoms with Crippen molar-refractivity contribution in [1.82, 2.24) is 0 Å². The second-order valence-corrected chi connectivity index (χ2v) is 5.31. The molecule has 124 valence electrons. The standard InChI is InChI=1S/C16H14ClN3O4/c17-11-3-1-2-10(6-11)16(18)20-24-8-15(21)19-12-4-5-13-14(7-12)23-9-22-13/h1-7H,8-9H2,(H2,18,20)(H,19,21). The molecule has 0 saturated heterocycles. The number of halogens is 1. The molecule has 3 rings (SSSR count). The van der Waals surface area contributed by atoms with Crippen molar-refractivity contribution in [2.75, 3.05) is 18.7 Å². The van der Waals surface area contributed by atoms with Gasteiger partial charge in [0.15, 0.2) is 23.9 Å². The summed E-state index contributed by atoms with van der Waals surface area (Å²) in [6, 6.07) is 11.9. The molecule has 3 N–H and O–H groups in total.